The first-order chi connectivity index (χ1) is 9.02. The quantitative estimate of drug-likeness (QED) is 0.830. The van der Waals surface area contributed by atoms with E-state index < -0.39 is 0 Å². The summed E-state index contributed by atoms with van der Waals surface area (Å²) in [6.45, 7) is 6.80. The van der Waals surface area contributed by atoms with Crippen LogP contribution in [0.3, 0.4) is 0 Å². The Kier molecular flexibility index (Phi) is 8.46. The fourth-order valence-corrected chi connectivity index (χ4v) is 1.48. The highest BCUT2D eigenvalue weighted by Crippen LogP contribution is 2.09. The minimum absolute atomic E-state index is 0.0941. The molecule has 1 aromatic carbocycles. The molecule has 0 aromatic heterocycles. The number of nitrogens with one attached hydrogen (secondary N) is 1. The molecule has 0 fully saturated rings. The third-order valence-corrected chi connectivity index (χ3v) is 2.40. The first-order valence-corrected chi connectivity index (χ1v) is 6.55. The summed E-state index contributed by atoms with van der Waals surface area (Å²) in [7, 11) is 3.88. The van der Waals surface area contributed by atoms with Crippen molar-refractivity contribution in [2.75, 3.05) is 27.2 Å². The molecule has 0 aliphatic carbocycles. The van der Waals surface area contributed by atoms with Gasteiger partial charge in [0.1, 0.15) is 0 Å². The number of hydrogen-bond donors (Lipinski definition) is 1. The standard InChI is InChI=1S/C13H18N2O2.C2H6/c1-10(16)11-6-4-5-7-12(11)13(17)14-8-9-15(2)3;1-2/h4-7H,8-9H2,1-3H3,(H,14,17);1-2H3. The van der Waals surface area contributed by atoms with Gasteiger partial charge in [0.05, 0.1) is 5.56 Å². The molecule has 1 rings (SSSR count). The smallest absolute Gasteiger partial charge is 0.252 e. The topological polar surface area (TPSA) is 49.4 Å². The third-order valence-electron chi connectivity index (χ3n) is 2.40. The number of carbonyl (C=O) groups excluding carboxylic acids is 2. The van der Waals surface area contributed by atoms with Crippen molar-refractivity contribution in [1.82, 2.24) is 10.2 Å². The summed E-state index contributed by atoms with van der Waals surface area (Å²) in [5, 5.41) is 2.79. The number of amides is 1. The lowest BCUT2D eigenvalue weighted by Crippen LogP contribution is -2.32. The lowest BCUT2D eigenvalue weighted by atomic mass is 10.0. The van der Waals surface area contributed by atoms with E-state index in [0.717, 1.165) is 6.54 Å². The lowest BCUT2D eigenvalue weighted by molar-refractivity contribution is 0.0936. The maximum Gasteiger partial charge on any atom is 0.252 e. The van der Waals surface area contributed by atoms with Crippen molar-refractivity contribution in [2.45, 2.75) is 20.8 Å². The predicted octanol–water partition coefficient (Wildman–Crippen LogP) is 2.21. The second kappa shape index (κ2) is 9.28. The predicted molar refractivity (Wildman–Crippen MR) is 78.7 cm³/mol. The Bertz CT molecular complexity index is 414. The largest absolute Gasteiger partial charge is 0.351 e. The van der Waals surface area contributed by atoms with Crippen molar-refractivity contribution in [3.63, 3.8) is 0 Å². The highest BCUT2D eigenvalue weighted by molar-refractivity contribution is 6.07. The van der Waals surface area contributed by atoms with E-state index in [-0.39, 0.29) is 11.7 Å². The van der Waals surface area contributed by atoms with Crippen LogP contribution in [-0.2, 0) is 0 Å². The normalized spacial score (nSPS) is 9.58. The average molecular weight is 264 g/mol. The highest BCUT2D eigenvalue weighted by atomic mass is 16.2. The van der Waals surface area contributed by atoms with Gasteiger partial charge in [-0.05, 0) is 27.1 Å². The van der Waals surface area contributed by atoms with Crippen molar-refractivity contribution < 1.29 is 9.59 Å². The van der Waals surface area contributed by atoms with E-state index >= 15 is 0 Å². The van der Waals surface area contributed by atoms with Gasteiger partial charge < -0.3 is 10.2 Å². The van der Waals surface area contributed by atoms with Gasteiger partial charge in [-0.15, -0.1) is 0 Å². The molecule has 0 spiro atoms. The zero-order valence-corrected chi connectivity index (χ0v) is 12.5. The van der Waals surface area contributed by atoms with Gasteiger partial charge in [0, 0.05) is 18.7 Å². The number of Topliss-reactive ketones (excluding diaryl/α,β-unsaturated/α-hetero) is 1. The molecule has 1 N–H and O–H groups in total. The van der Waals surface area contributed by atoms with Crippen molar-refractivity contribution in [2.24, 2.45) is 0 Å². The van der Waals surface area contributed by atoms with Crippen LogP contribution in [0.1, 0.15) is 41.5 Å². The average Bonchev–Trinajstić information content (AvgIpc) is 2.40. The van der Waals surface area contributed by atoms with Gasteiger partial charge >= 0.3 is 0 Å². The van der Waals surface area contributed by atoms with Crippen LogP contribution in [0.25, 0.3) is 0 Å². The number of nitrogens with zero attached hydrogens (tertiary/aromatic N) is 1. The Morgan fingerprint density at radius 2 is 1.63 bits per heavy atom. The fourth-order valence-electron chi connectivity index (χ4n) is 1.48. The van der Waals surface area contributed by atoms with E-state index in [1.807, 2.05) is 32.8 Å². The Hall–Kier alpha value is -1.68. The molecule has 0 saturated carbocycles. The number of benzene rings is 1. The number of carbonyl (C=O) groups is 2. The van der Waals surface area contributed by atoms with Gasteiger partial charge in [0.15, 0.2) is 5.78 Å². The van der Waals surface area contributed by atoms with Crippen LogP contribution >= 0.6 is 0 Å². The second-order valence-corrected chi connectivity index (χ2v) is 4.16. The van der Waals surface area contributed by atoms with Crippen molar-refractivity contribution in [3.05, 3.63) is 35.4 Å². The molecule has 4 nitrogen and oxygen atoms in total. The number of rotatable bonds is 5. The SMILES string of the molecule is CC.CC(=O)c1ccccc1C(=O)NCCN(C)C. The van der Waals surface area contributed by atoms with Crippen molar-refractivity contribution in [3.8, 4) is 0 Å². The van der Waals surface area contributed by atoms with Gasteiger partial charge in [-0.25, -0.2) is 0 Å². The summed E-state index contributed by atoms with van der Waals surface area (Å²) in [6, 6.07) is 6.85. The molecule has 0 unspecified atom stereocenters. The number of ketones is 1. The van der Waals surface area contributed by atoms with Crippen LogP contribution in [0.5, 0.6) is 0 Å². The Morgan fingerprint density at radius 3 is 2.11 bits per heavy atom. The van der Waals surface area contributed by atoms with Crippen LogP contribution in [0.15, 0.2) is 24.3 Å². The lowest BCUT2D eigenvalue weighted by Gasteiger charge is -2.11. The van der Waals surface area contributed by atoms with E-state index in [4.69, 9.17) is 0 Å². The zero-order chi connectivity index (χ0) is 14.8. The van der Waals surface area contributed by atoms with Crippen LogP contribution in [0, 0.1) is 0 Å². The molecule has 0 bridgehead atoms. The van der Waals surface area contributed by atoms with Gasteiger partial charge in [-0.3, -0.25) is 9.59 Å². The monoisotopic (exact) mass is 264 g/mol. The van der Waals surface area contributed by atoms with Gasteiger partial charge in [-0.1, -0.05) is 32.0 Å². The Morgan fingerprint density at radius 1 is 1.11 bits per heavy atom. The highest BCUT2D eigenvalue weighted by Gasteiger charge is 2.12. The van der Waals surface area contributed by atoms with Gasteiger partial charge in [-0.2, -0.15) is 0 Å². The maximum absolute atomic E-state index is 11.9. The molecular formula is C15H24N2O2. The van der Waals surface area contributed by atoms with Crippen molar-refractivity contribution in [1.29, 1.82) is 0 Å². The van der Waals surface area contributed by atoms with Crippen LogP contribution < -0.4 is 5.32 Å². The molecule has 106 valence electrons. The summed E-state index contributed by atoms with van der Waals surface area (Å²) < 4.78 is 0. The van der Waals surface area contributed by atoms with E-state index in [9.17, 15) is 9.59 Å². The zero-order valence-electron chi connectivity index (χ0n) is 12.5. The Labute approximate surface area is 115 Å². The Balaban J connectivity index is 0.00000154. The summed E-state index contributed by atoms with van der Waals surface area (Å²) in [4.78, 5) is 25.2. The van der Waals surface area contributed by atoms with E-state index in [1.54, 1.807) is 24.3 Å². The molecule has 0 aliphatic rings. The fraction of sp³-hybridized carbons (Fsp3) is 0.467. The minimum atomic E-state index is -0.197. The van der Waals surface area contributed by atoms with Gasteiger partial charge in [0.25, 0.3) is 5.91 Å². The molecule has 0 aliphatic heterocycles. The van der Waals surface area contributed by atoms with Crippen LogP contribution in [0.2, 0.25) is 0 Å². The van der Waals surface area contributed by atoms with E-state index in [0.29, 0.717) is 17.7 Å². The second-order valence-electron chi connectivity index (χ2n) is 4.16. The van der Waals surface area contributed by atoms with E-state index in [2.05, 4.69) is 5.32 Å². The van der Waals surface area contributed by atoms with Crippen molar-refractivity contribution >= 4 is 11.7 Å². The molecule has 1 aromatic rings. The first-order valence-electron chi connectivity index (χ1n) is 6.55. The minimum Gasteiger partial charge on any atom is -0.351 e. The molecule has 19 heavy (non-hydrogen) atoms. The summed E-state index contributed by atoms with van der Waals surface area (Å²) in [5.74, 6) is -0.291. The van der Waals surface area contributed by atoms with E-state index in [1.165, 1.54) is 6.92 Å². The molecule has 0 heterocycles. The maximum atomic E-state index is 11.9. The van der Waals surface area contributed by atoms with Crippen LogP contribution in [-0.4, -0.2) is 43.8 Å². The summed E-state index contributed by atoms with van der Waals surface area (Å²) in [6.07, 6.45) is 0. The first kappa shape index (κ1) is 17.3. The number of hydrogen-bond acceptors (Lipinski definition) is 3. The van der Waals surface area contributed by atoms with Crippen LogP contribution in [0.4, 0.5) is 0 Å². The molecule has 4 heteroatoms. The molecule has 1 amide bonds. The summed E-state index contributed by atoms with van der Waals surface area (Å²) >= 11 is 0. The molecule has 0 atom stereocenters. The molecule has 0 saturated heterocycles. The molecule has 0 radical (unpaired) electrons. The summed E-state index contributed by atoms with van der Waals surface area (Å²) in [5.41, 5.74) is 0.911. The van der Waals surface area contributed by atoms with Gasteiger partial charge in [0.2, 0.25) is 0 Å². The third kappa shape index (κ3) is 6.15. The molecular weight excluding hydrogens is 240 g/mol. The number of likely N-dealkylation sites (N-methyl/N-ethyl adjacent to an activating group) is 1.